The maximum absolute atomic E-state index is 12.4. The van der Waals surface area contributed by atoms with Gasteiger partial charge in [0.1, 0.15) is 0 Å². The number of carbonyl (C=O) groups is 1. The lowest BCUT2D eigenvalue weighted by Gasteiger charge is -2.21. The second-order valence-electron chi connectivity index (χ2n) is 13.2. The summed E-state index contributed by atoms with van der Waals surface area (Å²) in [7, 11) is 0. The summed E-state index contributed by atoms with van der Waals surface area (Å²) in [4.78, 5) is 12.4. The summed E-state index contributed by atoms with van der Waals surface area (Å²) in [6.45, 7) is 4.18. The Kier molecular flexibility index (Phi) is 33.8. The average molecular weight is 622 g/mol. The molecule has 5 heteroatoms. The van der Waals surface area contributed by atoms with Crippen molar-refractivity contribution in [1.82, 2.24) is 5.32 Å². The quantitative estimate of drug-likeness (QED) is 0.0425. The van der Waals surface area contributed by atoms with Crippen molar-refractivity contribution in [2.75, 3.05) is 6.61 Å². The maximum Gasteiger partial charge on any atom is 0.222 e. The van der Waals surface area contributed by atoms with Crippen molar-refractivity contribution in [2.24, 2.45) is 0 Å². The van der Waals surface area contributed by atoms with E-state index < -0.39 is 18.2 Å². The van der Waals surface area contributed by atoms with Crippen LogP contribution in [0.25, 0.3) is 0 Å². The van der Waals surface area contributed by atoms with Crippen LogP contribution in [-0.2, 0) is 4.79 Å². The fourth-order valence-electron chi connectivity index (χ4n) is 5.77. The van der Waals surface area contributed by atoms with Crippen LogP contribution < -0.4 is 5.32 Å². The normalized spacial score (nSPS) is 14.0. The van der Waals surface area contributed by atoms with Gasteiger partial charge in [0.15, 0.2) is 0 Å². The van der Waals surface area contributed by atoms with Gasteiger partial charge in [0.05, 0.1) is 31.3 Å². The van der Waals surface area contributed by atoms with Gasteiger partial charge in [0, 0.05) is 0 Å². The fraction of sp³-hybridized carbons (Fsp3) is 0.872. The minimum Gasteiger partial charge on any atom is -0.394 e. The van der Waals surface area contributed by atoms with Crippen molar-refractivity contribution in [2.45, 2.75) is 212 Å². The van der Waals surface area contributed by atoms with Crippen LogP contribution in [-0.4, -0.2) is 46.1 Å². The predicted octanol–water partition coefficient (Wildman–Crippen LogP) is 10.3. The lowest BCUT2D eigenvalue weighted by atomic mass is 10.0. The van der Waals surface area contributed by atoms with E-state index in [1.165, 1.54) is 135 Å². The van der Waals surface area contributed by atoms with Crippen LogP contribution in [0.4, 0.5) is 0 Å². The van der Waals surface area contributed by atoms with Crippen LogP contribution in [0.3, 0.4) is 0 Å². The molecule has 0 aromatic heterocycles. The molecule has 260 valence electrons. The maximum atomic E-state index is 12.4. The molecule has 0 saturated heterocycles. The zero-order valence-electron chi connectivity index (χ0n) is 29.3. The third-order valence-corrected chi connectivity index (χ3v) is 8.74. The molecule has 0 heterocycles. The van der Waals surface area contributed by atoms with Gasteiger partial charge in [-0.3, -0.25) is 4.79 Å². The van der Waals surface area contributed by atoms with Crippen LogP contribution in [0, 0.1) is 0 Å². The Bertz CT molecular complexity index is 650. The first-order valence-corrected chi connectivity index (χ1v) is 19.1. The van der Waals surface area contributed by atoms with E-state index in [0.29, 0.717) is 6.42 Å². The zero-order valence-corrected chi connectivity index (χ0v) is 29.3. The SMILES string of the molecule is CCCCCCCC/C=C/CC/C=C/C(O)C(CO)NC(=O)CC(O)CCCCCCCCCCCCCCCCCCC. The number of hydrogen-bond acceptors (Lipinski definition) is 4. The van der Waals surface area contributed by atoms with E-state index in [2.05, 4.69) is 31.3 Å². The Balaban J connectivity index is 3.71. The van der Waals surface area contributed by atoms with Crippen LogP contribution >= 0.6 is 0 Å². The molecule has 0 aliphatic rings. The molecule has 0 fully saturated rings. The summed E-state index contributed by atoms with van der Waals surface area (Å²) in [6, 6.07) is -0.755. The third kappa shape index (κ3) is 30.8. The minimum atomic E-state index is -0.946. The molecule has 0 bridgehead atoms. The Labute approximate surface area is 273 Å². The molecular weight excluding hydrogens is 546 g/mol. The van der Waals surface area contributed by atoms with Gasteiger partial charge < -0.3 is 20.6 Å². The molecule has 0 spiro atoms. The van der Waals surface area contributed by atoms with Crippen molar-refractivity contribution in [1.29, 1.82) is 0 Å². The average Bonchev–Trinajstić information content (AvgIpc) is 3.01. The van der Waals surface area contributed by atoms with Crippen molar-refractivity contribution in [3.05, 3.63) is 24.3 Å². The second-order valence-corrected chi connectivity index (χ2v) is 13.2. The molecule has 44 heavy (non-hydrogen) atoms. The molecule has 0 radical (unpaired) electrons. The number of allylic oxidation sites excluding steroid dienone is 3. The molecular formula is C39H75NO4. The topological polar surface area (TPSA) is 89.8 Å². The lowest BCUT2D eigenvalue weighted by molar-refractivity contribution is -0.124. The molecule has 3 atom stereocenters. The molecule has 0 aromatic carbocycles. The molecule has 3 unspecified atom stereocenters. The summed E-state index contributed by atoms with van der Waals surface area (Å²) < 4.78 is 0. The van der Waals surface area contributed by atoms with Crippen molar-refractivity contribution < 1.29 is 20.1 Å². The van der Waals surface area contributed by atoms with E-state index in [-0.39, 0.29) is 18.9 Å². The van der Waals surface area contributed by atoms with E-state index in [9.17, 15) is 20.1 Å². The van der Waals surface area contributed by atoms with Gasteiger partial charge in [0.25, 0.3) is 0 Å². The first-order valence-electron chi connectivity index (χ1n) is 19.1. The first-order chi connectivity index (χ1) is 21.5. The molecule has 0 aromatic rings. The first kappa shape index (κ1) is 42.8. The number of aliphatic hydroxyl groups is 3. The molecule has 0 aliphatic carbocycles. The van der Waals surface area contributed by atoms with Crippen molar-refractivity contribution >= 4 is 5.91 Å². The van der Waals surface area contributed by atoms with E-state index in [1.807, 2.05) is 6.08 Å². The second kappa shape index (κ2) is 34.7. The number of aliphatic hydroxyl groups excluding tert-OH is 3. The smallest absolute Gasteiger partial charge is 0.222 e. The summed E-state index contributed by atoms with van der Waals surface area (Å²) in [5.74, 6) is -0.325. The third-order valence-electron chi connectivity index (χ3n) is 8.74. The molecule has 0 aliphatic heterocycles. The highest BCUT2D eigenvalue weighted by Crippen LogP contribution is 2.15. The number of unbranched alkanes of at least 4 members (excludes halogenated alkanes) is 23. The highest BCUT2D eigenvalue weighted by molar-refractivity contribution is 5.76. The van der Waals surface area contributed by atoms with Crippen LogP contribution in [0.15, 0.2) is 24.3 Å². The predicted molar refractivity (Wildman–Crippen MR) is 190 cm³/mol. The Morgan fingerprint density at radius 3 is 1.45 bits per heavy atom. The van der Waals surface area contributed by atoms with Crippen LogP contribution in [0.2, 0.25) is 0 Å². The molecule has 4 N–H and O–H groups in total. The highest BCUT2D eigenvalue weighted by Gasteiger charge is 2.20. The Morgan fingerprint density at radius 1 is 0.568 bits per heavy atom. The van der Waals surface area contributed by atoms with Gasteiger partial charge in [-0.2, -0.15) is 0 Å². The molecule has 5 nitrogen and oxygen atoms in total. The van der Waals surface area contributed by atoms with Crippen LogP contribution in [0.1, 0.15) is 194 Å². The van der Waals surface area contributed by atoms with E-state index in [0.717, 1.165) is 32.1 Å². The number of amides is 1. The van der Waals surface area contributed by atoms with Gasteiger partial charge in [-0.05, 0) is 32.1 Å². The monoisotopic (exact) mass is 622 g/mol. The van der Waals surface area contributed by atoms with E-state index in [4.69, 9.17) is 0 Å². The zero-order chi connectivity index (χ0) is 32.4. The lowest BCUT2D eigenvalue weighted by Crippen LogP contribution is -2.45. The molecule has 1 amide bonds. The highest BCUT2D eigenvalue weighted by atomic mass is 16.3. The Hall–Kier alpha value is -1.17. The van der Waals surface area contributed by atoms with Gasteiger partial charge in [-0.15, -0.1) is 0 Å². The molecule has 0 rings (SSSR count). The van der Waals surface area contributed by atoms with Gasteiger partial charge in [0.2, 0.25) is 5.91 Å². The minimum absolute atomic E-state index is 0.00912. The number of hydrogen-bond donors (Lipinski definition) is 4. The number of rotatable bonds is 34. The van der Waals surface area contributed by atoms with Gasteiger partial charge >= 0.3 is 0 Å². The summed E-state index contributed by atoms with van der Waals surface area (Å²) in [6.07, 6.45) is 40.2. The van der Waals surface area contributed by atoms with Crippen molar-refractivity contribution in [3.63, 3.8) is 0 Å². The van der Waals surface area contributed by atoms with Gasteiger partial charge in [-0.1, -0.05) is 179 Å². The summed E-state index contributed by atoms with van der Waals surface area (Å²) in [5, 5.41) is 33.0. The Morgan fingerprint density at radius 2 is 0.977 bits per heavy atom. The molecule has 0 saturated carbocycles. The fourth-order valence-corrected chi connectivity index (χ4v) is 5.77. The van der Waals surface area contributed by atoms with E-state index in [1.54, 1.807) is 6.08 Å². The number of carbonyl (C=O) groups excluding carboxylic acids is 1. The van der Waals surface area contributed by atoms with E-state index >= 15 is 0 Å². The largest absolute Gasteiger partial charge is 0.394 e. The number of nitrogens with one attached hydrogen (secondary N) is 1. The van der Waals surface area contributed by atoms with Crippen molar-refractivity contribution in [3.8, 4) is 0 Å². The standard InChI is InChI=1S/C39H75NO4/c1-3-5-7-9-11-13-15-17-18-19-20-21-22-24-26-28-30-32-36(42)34-39(44)40-37(35-41)38(43)33-31-29-27-25-23-16-14-12-10-8-6-4-2/h23,25,31,33,36-38,41-43H,3-22,24,26-30,32,34-35H2,1-2H3,(H,40,44)/b25-23+,33-31+. The summed E-state index contributed by atoms with van der Waals surface area (Å²) >= 11 is 0. The van der Waals surface area contributed by atoms with Gasteiger partial charge in [-0.25, -0.2) is 0 Å². The summed E-state index contributed by atoms with van der Waals surface area (Å²) in [5.41, 5.74) is 0. The van der Waals surface area contributed by atoms with Crippen LogP contribution in [0.5, 0.6) is 0 Å².